The zero-order chi connectivity index (χ0) is 8.41. The Balaban J connectivity index is 0. The van der Waals surface area contributed by atoms with Crippen LogP contribution >= 0.6 is 0 Å². The van der Waals surface area contributed by atoms with E-state index < -0.39 is 0 Å². The second-order valence-corrected chi connectivity index (χ2v) is 3.04. The third kappa shape index (κ3) is 24.6. The minimum Gasteiger partial charge on any atom is -0.323 e. The van der Waals surface area contributed by atoms with Gasteiger partial charge in [0.15, 0.2) is 0 Å². The summed E-state index contributed by atoms with van der Waals surface area (Å²) in [5.41, 5.74) is 0. The Hall–Kier alpha value is -0.0400. The Labute approximate surface area is 66.2 Å². The van der Waals surface area contributed by atoms with Gasteiger partial charge in [0.25, 0.3) is 0 Å². The van der Waals surface area contributed by atoms with Crippen molar-refractivity contribution < 1.29 is 0 Å². The van der Waals surface area contributed by atoms with Gasteiger partial charge in [-0.3, -0.25) is 0 Å². The Morgan fingerprint density at radius 2 is 1.60 bits per heavy atom. The Bertz CT molecular complexity index is 42.0. The van der Waals surface area contributed by atoms with E-state index in [-0.39, 0.29) is 0 Å². The molecule has 0 atom stereocenters. The van der Waals surface area contributed by atoms with Crippen LogP contribution in [0.1, 0.15) is 40.0 Å². The van der Waals surface area contributed by atoms with E-state index in [0.29, 0.717) is 0 Å². The molecule has 1 nitrogen and oxygen atoms in total. The average Bonchev–Trinajstić information content (AvgIpc) is 1.85. The first-order valence-corrected chi connectivity index (χ1v) is 4.27. The predicted molar refractivity (Wildman–Crippen MR) is 49.3 cm³/mol. The van der Waals surface area contributed by atoms with Crippen molar-refractivity contribution in [3.63, 3.8) is 0 Å². The second kappa shape index (κ2) is 11.7. The molecule has 0 aliphatic heterocycles. The molecule has 0 radical (unpaired) electrons. The molecule has 0 aliphatic carbocycles. The molecule has 0 aliphatic rings. The first kappa shape index (κ1) is 12.6. The normalized spacial score (nSPS) is 9.00. The zero-order valence-electron chi connectivity index (χ0n) is 8.20. The van der Waals surface area contributed by atoms with Gasteiger partial charge in [0.1, 0.15) is 0 Å². The van der Waals surface area contributed by atoms with Gasteiger partial charge >= 0.3 is 0 Å². The molecule has 10 heavy (non-hydrogen) atoms. The molecule has 0 bridgehead atoms. The van der Waals surface area contributed by atoms with Crippen LogP contribution in [0.25, 0.3) is 0 Å². The summed E-state index contributed by atoms with van der Waals surface area (Å²) in [6, 6.07) is 0. The highest BCUT2D eigenvalue weighted by molar-refractivity contribution is 4.42. The molecule has 0 unspecified atom stereocenters. The van der Waals surface area contributed by atoms with Crippen LogP contribution in [0.4, 0.5) is 0 Å². The standard InChI is InChI=1S/C7H16.C2H7N/c1-4-5-6-7(2)3;1-3-2/h7H,4-6H2,1-3H3;3H,1-2H3. The maximum absolute atomic E-state index is 2.75. The second-order valence-electron chi connectivity index (χ2n) is 3.04. The summed E-state index contributed by atoms with van der Waals surface area (Å²) >= 11 is 0. The predicted octanol–water partition coefficient (Wildman–Crippen LogP) is 2.67. The topological polar surface area (TPSA) is 12.0 Å². The maximum Gasteiger partial charge on any atom is -0.0167 e. The van der Waals surface area contributed by atoms with E-state index in [1.807, 2.05) is 14.1 Å². The van der Waals surface area contributed by atoms with Gasteiger partial charge in [-0.05, 0) is 20.0 Å². The molecular weight excluding hydrogens is 122 g/mol. The highest BCUT2D eigenvalue weighted by atomic mass is 14.7. The molecule has 64 valence electrons. The number of nitrogens with one attached hydrogen (secondary N) is 1. The van der Waals surface area contributed by atoms with Crippen molar-refractivity contribution >= 4 is 0 Å². The Kier molecular flexibility index (Phi) is 14.8. The van der Waals surface area contributed by atoms with Crippen molar-refractivity contribution in [1.29, 1.82) is 0 Å². The van der Waals surface area contributed by atoms with Gasteiger partial charge < -0.3 is 5.32 Å². The number of hydrogen-bond donors (Lipinski definition) is 1. The fraction of sp³-hybridized carbons (Fsp3) is 1.00. The highest BCUT2D eigenvalue weighted by Gasteiger charge is 1.88. The van der Waals surface area contributed by atoms with E-state index in [1.54, 1.807) is 0 Å². The van der Waals surface area contributed by atoms with Crippen LogP contribution in [-0.4, -0.2) is 14.1 Å². The van der Waals surface area contributed by atoms with Gasteiger partial charge in [-0.25, -0.2) is 0 Å². The van der Waals surface area contributed by atoms with E-state index in [2.05, 4.69) is 26.1 Å². The molecule has 0 heterocycles. The van der Waals surface area contributed by atoms with Crippen LogP contribution in [0.3, 0.4) is 0 Å². The number of hydrogen-bond acceptors (Lipinski definition) is 1. The van der Waals surface area contributed by atoms with Gasteiger partial charge in [-0.1, -0.05) is 40.0 Å². The minimum absolute atomic E-state index is 0.903. The third-order valence-electron chi connectivity index (χ3n) is 1.14. The van der Waals surface area contributed by atoms with Crippen LogP contribution in [0.15, 0.2) is 0 Å². The molecule has 0 rings (SSSR count). The van der Waals surface area contributed by atoms with Crippen molar-refractivity contribution in [1.82, 2.24) is 5.32 Å². The molecule has 0 saturated carbocycles. The lowest BCUT2D eigenvalue weighted by molar-refractivity contribution is 0.550. The summed E-state index contributed by atoms with van der Waals surface area (Å²) in [5, 5.41) is 2.75. The summed E-state index contributed by atoms with van der Waals surface area (Å²) in [7, 11) is 3.75. The van der Waals surface area contributed by atoms with E-state index in [0.717, 1.165) is 5.92 Å². The summed E-state index contributed by atoms with van der Waals surface area (Å²) in [6.07, 6.45) is 4.15. The van der Waals surface area contributed by atoms with Crippen molar-refractivity contribution in [3.05, 3.63) is 0 Å². The summed E-state index contributed by atoms with van der Waals surface area (Å²) in [5.74, 6) is 0.903. The highest BCUT2D eigenvalue weighted by Crippen LogP contribution is 2.04. The largest absolute Gasteiger partial charge is 0.323 e. The molecule has 0 spiro atoms. The molecule has 0 aromatic heterocycles. The molecule has 0 saturated heterocycles. The van der Waals surface area contributed by atoms with Gasteiger partial charge in [-0.15, -0.1) is 0 Å². The molecule has 0 amide bonds. The Morgan fingerprint density at radius 1 is 1.20 bits per heavy atom. The van der Waals surface area contributed by atoms with Gasteiger partial charge in [0.2, 0.25) is 0 Å². The van der Waals surface area contributed by atoms with Crippen molar-refractivity contribution in [3.8, 4) is 0 Å². The maximum atomic E-state index is 2.75. The number of unbranched alkanes of at least 4 members (excludes halogenated alkanes) is 1. The third-order valence-corrected chi connectivity index (χ3v) is 1.14. The average molecular weight is 145 g/mol. The van der Waals surface area contributed by atoms with Gasteiger partial charge in [0.05, 0.1) is 0 Å². The summed E-state index contributed by atoms with van der Waals surface area (Å²) in [6.45, 7) is 6.79. The molecule has 1 N–H and O–H groups in total. The van der Waals surface area contributed by atoms with Crippen molar-refractivity contribution in [2.24, 2.45) is 5.92 Å². The summed E-state index contributed by atoms with van der Waals surface area (Å²) < 4.78 is 0. The van der Waals surface area contributed by atoms with Crippen LogP contribution in [0, 0.1) is 5.92 Å². The van der Waals surface area contributed by atoms with Crippen LogP contribution < -0.4 is 5.32 Å². The molecule has 0 aromatic carbocycles. The van der Waals surface area contributed by atoms with Crippen LogP contribution in [0.2, 0.25) is 0 Å². The molecule has 1 heteroatoms. The lowest BCUT2D eigenvalue weighted by Crippen LogP contribution is -1.89. The van der Waals surface area contributed by atoms with Gasteiger partial charge in [-0.2, -0.15) is 0 Å². The monoisotopic (exact) mass is 145 g/mol. The number of rotatable bonds is 3. The quantitative estimate of drug-likeness (QED) is 0.644. The van der Waals surface area contributed by atoms with Crippen molar-refractivity contribution in [2.75, 3.05) is 14.1 Å². The van der Waals surface area contributed by atoms with E-state index in [1.165, 1.54) is 19.3 Å². The first-order valence-electron chi connectivity index (χ1n) is 4.27. The zero-order valence-corrected chi connectivity index (χ0v) is 8.20. The lowest BCUT2D eigenvalue weighted by Gasteiger charge is -1.98. The minimum atomic E-state index is 0.903. The van der Waals surface area contributed by atoms with Crippen LogP contribution in [-0.2, 0) is 0 Å². The lowest BCUT2D eigenvalue weighted by atomic mass is 10.1. The van der Waals surface area contributed by atoms with Gasteiger partial charge in [0, 0.05) is 0 Å². The smallest absolute Gasteiger partial charge is 0.0167 e. The SMILES string of the molecule is CCCCC(C)C.CNC. The Morgan fingerprint density at radius 3 is 1.70 bits per heavy atom. The van der Waals surface area contributed by atoms with E-state index in [4.69, 9.17) is 0 Å². The molecule has 0 aromatic rings. The molecular formula is C9H23N. The van der Waals surface area contributed by atoms with Crippen LogP contribution in [0.5, 0.6) is 0 Å². The summed E-state index contributed by atoms with van der Waals surface area (Å²) in [4.78, 5) is 0. The van der Waals surface area contributed by atoms with E-state index >= 15 is 0 Å². The van der Waals surface area contributed by atoms with E-state index in [9.17, 15) is 0 Å². The molecule has 0 fully saturated rings. The fourth-order valence-corrected chi connectivity index (χ4v) is 0.612. The first-order chi connectivity index (χ1) is 4.68. The fourth-order valence-electron chi connectivity index (χ4n) is 0.612. The van der Waals surface area contributed by atoms with Crippen molar-refractivity contribution in [2.45, 2.75) is 40.0 Å².